The highest BCUT2D eigenvalue weighted by atomic mass is 19.1. The number of carbonyl (C=O) groups excluding carboxylic acids is 1. The first-order chi connectivity index (χ1) is 12.5. The molecule has 26 heavy (non-hydrogen) atoms. The molecule has 4 nitrogen and oxygen atoms in total. The summed E-state index contributed by atoms with van der Waals surface area (Å²) >= 11 is 0. The average Bonchev–Trinajstić information content (AvgIpc) is 2.62. The lowest BCUT2D eigenvalue weighted by Gasteiger charge is -2.07. The van der Waals surface area contributed by atoms with Crippen molar-refractivity contribution >= 4 is 16.8 Å². The minimum absolute atomic E-state index is 0.0564. The van der Waals surface area contributed by atoms with Crippen LogP contribution in [0.1, 0.15) is 23.1 Å². The van der Waals surface area contributed by atoms with E-state index < -0.39 is 0 Å². The van der Waals surface area contributed by atoms with Crippen molar-refractivity contribution in [2.75, 3.05) is 6.54 Å². The van der Waals surface area contributed by atoms with Crippen molar-refractivity contribution in [2.45, 2.75) is 26.2 Å². The molecule has 3 rings (SSSR count). The zero-order chi connectivity index (χ0) is 18.5. The highest BCUT2D eigenvalue weighted by molar-refractivity contribution is 5.80. The van der Waals surface area contributed by atoms with Gasteiger partial charge in [0.05, 0.1) is 0 Å². The largest absolute Gasteiger partial charge is 0.356 e. The van der Waals surface area contributed by atoms with Crippen LogP contribution in [-0.2, 0) is 17.6 Å². The third kappa shape index (κ3) is 4.36. The Bertz CT molecular complexity index is 995. The van der Waals surface area contributed by atoms with Crippen LogP contribution in [0.2, 0.25) is 0 Å². The maximum Gasteiger partial charge on any atom is 0.251 e. The van der Waals surface area contributed by atoms with Gasteiger partial charge in [-0.2, -0.15) is 0 Å². The Morgan fingerprint density at radius 3 is 2.73 bits per heavy atom. The summed E-state index contributed by atoms with van der Waals surface area (Å²) < 4.78 is 13.5. The SMILES string of the molecule is Cc1cc2cc(CCC(=O)NCCc3ccccc3F)ccc2[nH]c1=O. The maximum atomic E-state index is 13.5. The number of aromatic nitrogens is 1. The van der Waals surface area contributed by atoms with E-state index in [1.54, 1.807) is 25.1 Å². The molecule has 0 radical (unpaired) electrons. The van der Waals surface area contributed by atoms with Gasteiger partial charge in [0.2, 0.25) is 5.91 Å². The molecule has 0 bridgehead atoms. The second kappa shape index (κ2) is 7.95. The van der Waals surface area contributed by atoms with Gasteiger partial charge in [0.1, 0.15) is 5.82 Å². The summed E-state index contributed by atoms with van der Waals surface area (Å²) in [6.07, 6.45) is 1.45. The van der Waals surface area contributed by atoms with Crippen LogP contribution >= 0.6 is 0 Å². The Morgan fingerprint density at radius 2 is 1.92 bits per heavy atom. The lowest BCUT2D eigenvalue weighted by atomic mass is 10.1. The number of aromatic amines is 1. The van der Waals surface area contributed by atoms with E-state index in [0.29, 0.717) is 36.9 Å². The topological polar surface area (TPSA) is 62.0 Å². The van der Waals surface area contributed by atoms with Gasteiger partial charge in [-0.25, -0.2) is 4.39 Å². The van der Waals surface area contributed by atoms with E-state index >= 15 is 0 Å². The zero-order valence-corrected chi connectivity index (χ0v) is 14.6. The van der Waals surface area contributed by atoms with Crippen molar-refractivity contribution in [1.29, 1.82) is 0 Å². The third-order valence-electron chi connectivity index (χ3n) is 4.41. The van der Waals surface area contributed by atoms with Crippen molar-refractivity contribution in [3.05, 3.63) is 81.4 Å². The quantitative estimate of drug-likeness (QED) is 0.715. The van der Waals surface area contributed by atoms with Gasteiger partial charge in [-0.3, -0.25) is 9.59 Å². The lowest BCUT2D eigenvalue weighted by Crippen LogP contribution is -2.26. The molecule has 0 atom stereocenters. The second-order valence-corrected chi connectivity index (χ2v) is 6.39. The number of fused-ring (bicyclic) bond motifs is 1. The molecule has 0 fully saturated rings. The summed E-state index contributed by atoms with van der Waals surface area (Å²) in [6, 6.07) is 14.2. The normalized spacial score (nSPS) is 10.8. The van der Waals surface area contributed by atoms with Crippen LogP contribution in [0, 0.1) is 12.7 Å². The van der Waals surface area contributed by atoms with E-state index in [9.17, 15) is 14.0 Å². The van der Waals surface area contributed by atoms with Crippen LogP contribution in [0.5, 0.6) is 0 Å². The van der Waals surface area contributed by atoms with Gasteiger partial charge in [-0.1, -0.05) is 24.3 Å². The predicted molar refractivity (Wildman–Crippen MR) is 101 cm³/mol. The highest BCUT2D eigenvalue weighted by Gasteiger charge is 2.06. The first kappa shape index (κ1) is 17.9. The summed E-state index contributed by atoms with van der Waals surface area (Å²) in [5.74, 6) is -0.301. The number of rotatable bonds is 6. The standard InChI is InChI=1S/C21H21FN2O2/c1-14-12-17-13-15(6-8-19(17)24-21(14)26)7-9-20(25)23-11-10-16-4-2-3-5-18(16)22/h2-6,8,12-13H,7,9-11H2,1H3,(H,23,25)(H,24,26). The van der Waals surface area contributed by atoms with Crippen molar-refractivity contribution < 1.29 is 9.18 Å². The Labute approximate surface area is 151 Å². The van der Waals surface area contributed by atoms with Crippen LogP contribution in [0.3, 0.4) is 0 Å². The van der Waals surface area contributed by atoms with Gasteiger partial charge >= 0.3 is 0 Å². The van der Waals surface area contributed by atoms with Gasteiger partial charge < -0.3 is 10.3 Å². The van der Waals surface area contributed by atoms with Gasteiger partial charge in [0.25, 0.3) is 5.56 Å². The summed E-state index contributed by atoms with van der Waals surface area (Å²) in [5, 5.41) is 3.79. The fraction of sp³-hybridized carbons (Fsp3) is 0.238. The van der Waals surface area contributed by atoms with E-state index in [1.165, 1.54) is 6.07 Å². The molecule has 0 unspecified atom stereocenters. The maximum absolute atomic E-state index is 13.5. The van der Waals surface area contributed by atoms with Gasteiger partial charge in [0, 0.05) is 24.0 Å². The average molecular weight is 352 g/mol. The third-order valence-corrected chi connectivity index (χ3v) is 4.41. The van der Waals surface area contributed by atoms with Crippen molar-refractivity contribution in [3.8, 4) is 0 Å². The fourth-order valence-electron chi connectivity index (χ4n) is 2.90. The Kier molecular flexibility index (Phi) is 5.46. The number of H-pyrrole nitrogens is 1. The minimum Gasteiger partial charge on any atom is -0.356 e. The molecule has 3 aromatic rings. The van der Waals surface area contributed by atoms with Crippen LogP contribution in [0.25, 0.3) is 10.9 Å². The highest BCUT2D eigenvalue weighted by Crippen LogP contribution is 2.15. The Hall–Kier alpha value is -2.95. The predicted octanol–water partition coefficient (Wildman–Crippen LogP) is 3.27. The Morgan fingerprint density at radius 1 is 1.12 bits per heavy atom. The van der Waals surface area contributed by atoms with Crippen LogP contribution < -0.4 is 10.9 Å². The number of aryl methyl sites for hydroxylation is 2. The van der Waals surface area contributed by atoms with Crippen LogP contribution in [0.15, 0.2) is 53.3 Å². The summed E-state index contributed by atoms with van der Waals surface area (Å²) in [7, 11) is 0. The molecule has 2 aromatic carbocycles. The smallest absolute Gasteiger partial charge is 0.251 e. The zero-order valence-electron chi connectivity index (χ0n) is 14.6. The molecule has 0 aliphatic heterocycles. The number of pyridine rings is 1. The molecule has 0 saturated carbocycles. The van der Waals surface area contributed by atoms with Gasteiger partial charge in [-0.15, -0.1) is 0 Å². The van der Waals surface area contributed by atoms with Crippen LogP contribution in [0.4, 0.5) is 4.39 Å². The molecular weight excluding hydrogens is 331 g/mol. The molecule has 0 aliphatic carbocycles. The monoisotopic (exact) mass is 352 g/mol. The van der Waals surface area contributed by atoms with Crippen molar-refractivity contribution in [1.82, 2.24) is 10.3 Å². The number of amides is 1. The Balaban J connectivity index is 1.52. The number of nitrogens with one attached hydrogen (secondary N) is 2. The number of halogens is 1. The van der Waals surface area contributed by atoms with E-state index in [1.807, 2.05) is 24.3 Å². The second-order valence-electron chi connectivity index (χ2n) is 6.39. The van der Waals surface area contributed by atoms with Gasteiger partial charge in [0.15, 0.2) is 0 Å². The lowest BCUT2D eigenvalue weighted by molar-refractivity contribution is -0.121. The number of carbonyl (C=O) groups is 1. The molecule has 0 saturated heterocycles. The summed E-state index contributed by atoms with van der Waals surface area (Å²) in [5.41, 5.74) is 3.01. The number of benzene rings is 2. The minimum atomic E-state index is -0.244. The molecule has 0 spiro atoms. The van der Waals surface area contributed by atoms with Gasteiger partial charge in [-0.05, 0) is 60.5 Å². The molecule has 1 aromatic heterocycles. The number of hydrogen-bond donors (Lipinski definition) is 2. The van der Waals surface area contributed by atoms with Crippen molar-refractivity contribution in [2.24, 2.45) is 0 Å². The molecule has 134 valence electrons. The summed E-state index contributed by atoms with van der Waals surface area (Å²) in [4.78, 5) is 26.5. The first-order valence-electron chi connectivity index (χ1n) is 8.65. The van der Waals surface area contributed by atoms with E-state index in [4.69, 9.17) is 0 Å². The first-order valence-corrected chi connectivity index (χ1v) is 8.65. The van der Waals surface area contributed by atoms with Crippen molar-refractivity contribution in [3.63, 3.8) is 0 Å². The molecule has 0 aliphatic rings. The molecule has 5 heteroatoms. The fourth-order valence-corrected chi connectivity index (χ4v) is 2.90. The van der Waals surface area contributed by atoms with E-state index in [-0.39, 0.29) is 17.3 Å². The molecule has 1 heterocycles. The summed E-state index contributed by atoms with van der Waals surface area (Å²) in [6.45, 7) is 2.19. The molecular formula is C21H21FN2O2. The number of hydrogen-bond acceptors (Lipinski definition) is 2. The molecule has 2 N–H and O–H groups in total. The van der Waals surface area contributed by atoms with E-state index in [0.717, 1.165) is 16.5 Å². The van der Waals surface area contributed by atoms with E-state index in [2.05, 4.69) is 10.3 Å². The van der Waals surface area contributed by atoms with Crippen LogP contribution in [-0.4, -0.2) is 17.4 Å². The molecule has 1 amide bonds.